The number of amides is 1. The van der Waals surface area contributed by atoms with Crippen LogP contribution in [0.15, 0.2) is 0 Å². The molecule has 5 nitrogen and oxygen atoms in total. The Morgan fingerprint density at radius 2 is 2.36 bits per heavy atom. The third kappa shape index (κ3) is 2.28. The largest absolute Gasteiger partial charge is 0.369 e. The second-order valence-corrected chi connectivity index (χ2v) is 2.36. The number of nitrogens with one attached hydrogen (secondary N) is 1. The Morgan fingerprint density at radius 1 is 1.64 bits per heavy atom. The zero-order valence-electron chi connectivity index (χ0n) is 6.00. The van der Waals surface area contributed by atoms with Crippen molar-refractivity contribution in [3.05, 3.63) is 0 Å². The predicted molar refractivity (Wildman–Crippen MR) is 36.6 cm³/mol. The van der Waals surface area contributed by atoms with Crippen molar-refractivity contribution in [2.75, 3.05) is 13.3 Å². The molecule has 1 amide bonds. The van der Waals surface area contributed by atoms with E-state index in [4.69, 9.17) is 10.5 Å². The van der Waals surface area contributed by atoms with Crippen LogP contribution in [0.4, 0.5) is 0 Å². The molecule has 1 fully saturated rings. The Morgan fingerprint density at radius 3 is 2.82 bits per heavy atom. The standard InChI is InChI=1S/C6H10N2O3/c7-6(10)1-4(9)5-2-8-3-11-5/h5,8H,1-3H2,(H2,7,10)/t5-/m0/s1. The smallest absolute Gasteiger partial charge is 0.224 e. The van der Waals surface area contributed by atoms with Crippen LogP contribution >= 0.6 is 0 Å². The topological polar surface area (TPSA) is 81.4 Å². The second-order valence-electron chi connectivity index (χ2n) is 2.36. The highest BCUT2D eigenvalue weighted by Crippen LogP contribution is 2.00. The van der Waals surface area contributed by atoms with Crippen molar-refractivity contribution < 1.29 is 14.3 Å². The third-order valence-electron chi connectivity index (χ3n) is 1.42. The summed E-state index contributed by atoms with van der Waals surface area (Å²) in [4.78, 5) is 21.3. The van der Waals surface area contributed by atoms with Crippen molar-refractivity contribution in [3.8, 4) is 0 Å². The summed E-state index contributed by atoms with van der Waals surface area (Å²) in [6.45, 7) is 0.848. The van der Waals surface area contributed by atoms with Gasteiger partial charge in [0.05, 0.1) is 13.2 Å². The Bertz CT molecular complexity index is 175. The number of Topliss-reactive ketones (excluding diaryl/α,β-unsaturated/α-hetero) is 1. The van der Waals surface area contributed by atoms with E-state index in [1.54, 1.807) is 0 Å². The number of carbonyl (C=O) groups excluding carboxylic acids is 2. The van der Waals surface area contributed by atoms with E-state index in [-0.39, 0.29) is 12.2 Å². The third-order valence-corrected chi connectivity index (χ3v) is 1.42. The van der Waals surface area contributed by atoms with Gasteiger partial charge in [0.15, 0.2) is 5.78 Å². The summed E-state index contributed by atoms with van der Waals surface area (Å²) in [5.74, 6) is -0.854. The molecular weight excluding hydrogens is 148 g/mol. The van der Waals surface area contributed by atoms with Gasteiger partial charge in [0, 0.05) is 6.54 Å². The Labute approximate surface area is 63.9 Å². The highest BCUT2D eigenvalue weighted by Gasteiger charge is 2.23. The minimum absolute atomic E-state index is 0.230. The fourth-order valence-electron chi connectivity index (χ4n) is 0.901. The van der Waals surface area contributed by atoms with Gasteiger partial charge in [0.25, 0.3) is 0 Å². The van der Waals surface area contributed by atoms with Crippen LogP contribution in [-0.2, 0) is 14.3 Å². The first-order valence-corrected chi connectivity index (χ1v) is 3.33. The van der Waals surface area contributed by atoms with E-state index < -0.39 is 12.0 Å². The van der Waals surface area contributed by atoms with E-state index in [1.165, 1.54) is 0 Å². The number of ether oxygens (including phenoxy) is 1. The van der Waals surface area contributed by atoms with Gasteiger partial charge < -0.3 is 10.5 Å². The van der Waals surface area contributed by atoms with Gasteiger partial charge in [-0.2, -0.15) is 0 Å². The molecule has 0 aromatic rings. The molecule has 1 saturated heterocycles. The highest BCUT2D eigenvalue weighted by atomic mass is 16.5. The summed E-state index contributed by atoms with van der Waals surface area (Å²) in [5.41, 5.74) is 4.83. The molecule has 5 heteroatoms. The average Bonchev–Trinajstić information content (AvgIpc) is 2.35. The van der Waals surface area contributed by atoms with Crippen molar-refractivity contribution in [2.45, 2.75) is 12.5 Å². The van der Waals surface area contributed by atoms with Gasteiger partial charge in [-0.15, -0.1) is 0 Å². The number of hydrogen-bond acceptors (Lipinski definition) is 4. The molecule has 1 atom stereocenters. The molecule has 62 valence electrons. The molecule has 0 bridgehead atoms. The number of ketones is 1. The van der Waals surface area contributed by atoms with E-state index in [0.717, 1.165) is 0 Å². The van der Waals surface area contributed by atoms with Crippen molar-refractivity contribution in [2.24, 2.45) is 5.73 Å². The van der Waals surface area contributed by atoms with Crippen LogP contribution in [0.25, 0.3) is 0 Å². The molecule has 0 unspecified atom stereocenters. The van der Waals surface area contributed by atoms with Gasteiger partial charge in [-0.3, -0.25) is 14.9 Å². The van der Waals surface area contributed by atoms with E-state index in [1.807, 2.05) is 0 Å². The van der Waals surface area contributed by atoms with Crippen molar-refractivity contribution >= 4 is 11.7 Å². The van der Waals surface area contributed by atoms with Gasteiger partial charge in [0.1, 0.15) is 6.10 Å². The van der Waals surface area contributed by atoms with E-state index >= 15 is 0 Å². The maximum absolute atomic E-state index is 11.0. The van der Waals surface area contributed by atoms with E-state index in [0.29, 0.717) is 13.3 Å². The fraction of sp³-hybridized carbons (Fsp3) is 0.667. The molecule has 0 aromatic carbocycles. The van der Waals surface area contributed by atoms with Crippen LogP contribution in [0.5, 0.6) is 0 Å². The van der Waals surface area contributed by atoms with Crippen molar-refractivity contribution in [1.82, 2.24) is 5.32 Å². The summed E-state index contributed by atoms with van der Waals surface area (Å²) in [6.07, 6.45) is -0.714. The minimum Gasteiger partial charge on any atom is -0.369 e. The average molecular weight is 158 g/mol. The Kier molecular flexibility index (Phi) is 2.56. The summed E-state index contributed by atoms with van der Waals surface area (Å²) >= 11 is 0. The number of rotatable bonds is 3. The maximum atomic E-state index is 11.0. The minimum atomic E-state index is -0.606. The zero-order valence-corrected chi connectivity index (χ0v) is 6.00. The number of hydrogen-bond donors (Lipinski definition) is 2. The first kappa shape index (κ1) is 8.16. The molecule has 11 heavy (non-hydrogen) atoms. The molecule has 1 aliphatic rings. The van der Waals surface area contributed by atoms with Gasteiger partial charge in [-0.25, -0.2) is 0 Å². The quantitative estimate of drug-likeness (QED) is 0.483. The SMILES string of the molecule is NC(=O)CC(=O)[C@@H]1CNCO1. The highest BCUT2D eigenvalue weighted by molar-refractivity contribution is 5.99. The number of carbonyl (C=O) groups is 2. The lowest BCUT2D eigenvalue weighted by Crippen LogP contribution is -2.28. The van der Waals surface area contributed by atoms with Gasteiger partial charge in [-0.05, 0) is 0 Å². The summed E-state index contributed by atoms with van der Waals surface area (Å²) in [5, 5.41) is 2.83. The molecule has 1 heterocycles. The molecule has 0 radical (unpaired) electrons. The molecule has 1 rings (SSSR count). The first-order chi connectivity index (χ1) is 5.20. The molecular formula is C6H10N2O3. The van der Waals surface area contributed by atoms with E-state index in [9.17, 15) is 9.59 Å². The van der Waals surface area contributed by atoms with E-state index in [2.05, 4.69) is 5.32 Å². The van der Waals surface area contributed by atoms with Crippen LogP contribution < -0.4 is 11.1 Å². The predicted octanol–water partition coefficient (Wildman–Crippen LogP) is -1.62. The Balaban J connectivity index is 2.34. The number of primary amides is 1. The summed E-state index contributed by atoms with van der Waals surface area (Å²) < 4.78 is 4.95. The summed E-state index contributed by atoms with van der Waals surface area (Å²) in [6, 6.07) is 0. The van der Waals surface area contributed by atoms with Crippen LogP contribution in [-0.4, -0.2) is 31.1 Å². The van der Waals surface area contributed by atoms with Gasteiger partial charge in [-0.1, -0.05) is 0 Å². The summed E-state index contributed by atoms with van der Waals surface area (Å²) in [7, 11) is 0. The first-order valence-electron chi connectivity index (χ1n) is 3.33. The lowest BCUT2D eigenvalue weighted by Gasteiger charge is -2.03. The van der Waals surface area contributed by atoms with Crippen LogP contribution in [0.2, 0.25) is 0 Å². The lowest BCUT2D eigenvalue weighted by atomic mass is 10.2. The fourth-order valence-corrected chi connectivity index (χ4v) is 0.901. The maximum Gasteiger partial charge on any atom is 0.224 e. The monoisotopic (exact) mass is 158 g/mol. The molecule has 0 aliphatic carbocycles. The lowest BCUT2D eigenvalue weighted by molar-refractivity contribution is -0.132. The molecule has 1 aliphatic heterocycles. The van der Waals surface area contributed by atoms with Gasteiger partial charge in [0.2, 0.25) is 5.91 Å². The zero-order chi connectivity index (χ0) is 8.27. The van der Waals surface area contributed by atoms with Crippen LogP contribution in [0, 0.1) is 0 Å². The van der Waals surface area contributed by atoms with Gasteiger partial charge >= 0.3 is 0 Å². The molecule has 0 aromatic heterocycles. The molecule has 0 spiro atoms. The van der Waals surface area contributed by atoms with Crippen LogP contribution in [0.3, 0.4) is 0 Å². The molecule has 0 saturated carbocycles. The van der Waals surface area contributed by atoms with Crippen LogP contribution in [0.1, 0.15) is 6.42 Å². The van der Waals surface area contributed by atoms with Crippen molar-refractivity contribution in [1.29, 1.82) is 0 Å². The Hall–Kier alpha value is -0.940. The molecule has 3 N–H and O–H groups in total. The number of nitrogens with two attached hydrogens (primary N) is 1. The normalized spacial score (nSPS) is 23.5. The second kappa shape index (κ2) is 3.45. The van der Waals surface area contributed by atoms with Crippen molar-refractivity contribution in [3.63, 3.8) is 0 Å².